The summed E-state index contributed by atoms with van der Waals surface area (Å²) in [4.78, 5) is 8.55. The van der Waals surface area contributed by atoms with Crippen LogP contribution in [0.25, 0.3) is 16.7 Å². The number of hydrogen-bond acceptors (Lipinski definition) is 3. The molecule has 0 radical (unpaired) electrons. The van der Waals surface area contributed by atoms with E-state index in [2.05, 4.69) is 9.97 Å². The number of aryl methyl sites for hydroxylation is 1. The van der Waals surface area contributed by atoms with E-state index in [1.54, 1.807) is 6.20 Å². The molecule has 3 rings (SSSR count). The van der Waals surface area contributed by atoms with E-state index in [0.29, 0.717) is 5.82 Å². The molecule has 3 aromatic rings. The fourth-order valence-electron chi connectivity index (χ4n) is 1.85. The van der Waals surface area contributed by atoms with Crippen molar-refractivity contribution in [1.29, 1.82) is 0 Å². The molecule has 0 unspecified atom stereocenters. The summed E-state index contributed by atoms with van der Waals surface area (Å²) in [5, 5.41) is 0. The Morgan fingerprint density at radius 3 is 2.93 bits per heavy atom. The summed E-state index contributed by atoms with van der Waals surface area (Å²) in [6.45, 7) is 2.01. The Hall–Kier alpha value is -2.10. The molecule has 2 N–H and O–H groups in total. The van der Waals surface area contributed by atoms with Gasteiger partial charge in [0.2, 0.25) is 0 Å². The number of rotatable bonds is 0. The van der Waals surface area contributed by atoms with Crippen molar-refractivity contribution in [2.75, 3.05) is 5.73 Å². The molecule has 0 aliphatic heterocycles. The lowest BCUT2D eigenvalue weighted by molar-refractivity contribution is 1.15. The van der Waals surface area contributed by atoms with Crippen molar-refractivity contribution in [3.63, 3.8) is 0 Å². The summed E-state index contributed by atoms with van der Waals surface area (Å²) in [6.07, 6.45) is 1.81. The van der Waals surface area contributed by atoms with E-state index in [1.807, 2.05) is 35.6 Å². The summed E-state index contributed by atoms with van der Waals surface area (Å²) in [5.41, 5.74) is 9.57. The highest BCUT2D eigenvalue weighted by Gasteiger charge is 2.08. The number of nitrogens with zero attached hydrogens (tertiary/aromatic N) is 3. The van der Waals surface area contributed by atoms with Gasteiger partial charge in [0.15, 0.2) is 11.5 Å². The van der Waals surface area contributed by atoms with E-state index in [9.17, 15) is 0 Å². The highest BCUT2D eigenvalue weighted by Crippen LogP contribution is 2.19. The monoisotopic (exact) mass is 198 g/mol. The van der Waals surface area contributed by atoms with Gasteiger partial charge in [-0.3, -0.25) is 4.40 Å². The van der Waals surface area contributed by atoms with Crippen molar-refractivity contribution >= 4 is 22.5 Å². The predicted octanol–water partition coefficient (Wildman–Crippen LogP) is 1.77. The van der Waals surface area contributed by atoms with Gasteiger partial charge in [-0.2, -0.15) is 0 Å². The van der Waals surface area contributed by atoms with E-state index >= 15 is 0 Å². The number of nitrogens with two attached hydrogens (primary N) is 1. The second-order valence-electron chi connectivity index (χ2n) is 3.54. The van der Waals surface area contributed by atoms with Crippen molar-refractivity contribution in [2.45, 2.75) is 6.92 Å². The molecular formula is C11H10N4. The van der Waals surface area contributed by atoms with Gasteiger partial charge >= 0.3 is 0 Å². The second kappa shape index (κ2) is 2.70. The molecule has 0 fully saturated rings. The van der Waals surface area contributed by atoms with E-state index in [4.69, 9.17) is 5.73 Å². The highest BCUT2D eigenvalue weighted by molar-refractivity contribution is 5.82. The number of benzene rings is 1. The van der Waals surface area contributed by atoms with Gasteiger partial charge in [0.1, 0.15) is 0 Å². The molecule has 2 aromatic heterocycles. The lowest BCUT2D eigenvalue weighted by Crippen LogP contribution is -1.99. The second-order valence-corrected chi connectivity index (χ2v) is 3.54. The molecule has 0 spiro atoms. The highest BCUT2D eigenvalue weighted by atomic mass is 15.1. The standard InChI is InChI=1S/C11H10N4/c1-7-6-13-11-10(12)14-8-4-2-3-5-9(8)15(7)11/h2-6H,1H3,(H2,12,14). The van der Waals surface area contributed by atoms with Crippen LogP contribution >= 0.6 is 0 Å². The maximum Gasteiger partial charge on any atom is 0.180 e. The molecule has 4 nitrogen and oxygen atoms in total. The molecule has 1 aromatic carbocycles. The van der Waals surface area contributed by atoms with Gasteiger partial charge < -0.3 is 5.73 Å². The molecular weight excluding hydrogens is 188 g/mol. The number of nitrogen functional groups attached to an aromatic ring is 1. The van der Waals surface area contributed by atoms with Gasteiger partial charge in [0, 0.05) is 11.9 Å². The number of imidazole rings is 1. The number of para-hydroxylation sites is 2. The fraction of sp³-hybridized carbons (Fsp3) is 0.0909. The SMILES string of the molecule is Cc1cnc2c(N)nc3ccccc3n12. The zero-order valence-electron chi connectivity index (χ0n) is 8.31. The Morgan fingerprint density at radius 1 is 1.27 bits per heavy atom. The van der Waals surface area contributed by atoms with Gasteiger partial charge in [0.05, 0.1) is 11.0 Å². The Bertz CT molecular complexity index is 654. The number of aromatic nitrogens is 3. The zero-order valence-corrected chi connectivity index (χ0v) is 8.31. The molecule has 74 valence electrons. The van der Waals surface area contributed by atoms with E-state index in [0.717, 1.165) is 22.4 Å². The maximum atomic E-state index is 5.84. The van der Waals surface area contributed by atoms with Crippen LogP contribution in [0, 0.1) is 6.92 Å². The maximum absolute atomic E-state index is 5.84. The fourth-order valence-corrected chi connectivity index (χ4v) is 1.85. The first kappa shape index (κ1) is 8.23. The average Bonchev–Trinajstić information content (AvgIpc) is 2.62. The van der Waals surface area contributed by atoms with Crippen LogP contribution in [0.3, 0.4) is 0 Å². The summed E-state index contributed by atoms with van der Waals surface area (Å²) in [5.74, 6) is 0.474. The van der Waals surface area contributed by atoms with Crippen LogP contribution in [-0.2, 0) is 0 Å². The third-order valence-corrected chi connectivity index (χ3v) is 2.53. The number of hydrogen-bond donors (Lipinski definition) is 1. The first-order valence-electron chi connectivity index (χ1n) is 4.75. The largest absolute Gasteiger partial charge is 0.381 e. The summed E-state index contributed by atoms with van der Waals surface area (Å²) in [6, 6.07) is 7.90. The van der Waals surface area contributed by atoms with Crippen LogP contribution in [0.2, 0.25) is 0 Å². The molecule has 0 amide bonds. The summed E-state index contributed by atoms with van der Waals surface area (Å²) < 4.78 is 2.03. The molecule has 2 heterocycles. The Balaban J connectivity index is 2.67. The normalized spacial score (nSPS) is 11.3. The van der Waals surface area contributed by atoms with Crippen molar-refractivity contribution in [3.05, 3.63) is 36.2 Å². The number of anilines is 1. The molecule has 0 atom stereocenters. The van der Waals surface area contributed by atoms with Crippen LogP contribution in [0.15, 0.2) is 30.5 Å². The Morgan fingerprint density at radius 2 is 2.07 bits per heavy atom. The van der Waals surface area contributed by atoms with Crippen molar-refractivity contribution in [3.8, 4) is 0 Å². The van der Waals surface area contributed by atoms with Crippen molar-refractivity contribution in [1.82, 2.24) is 14.4 Å². The van der Waals surface area contributed by atoms with Crippen LogP contribution < -0.4 is 5.73 Å². The minimum atomic E-state index is 0.474. The summed E-state index contributed by atoms with van der Waals surface area (Å²) >= 11 is 0. The van der Waals surface area contributed by atoms with Gasteiger partial charge in [-0.05, 0) is 19.1 Å². The summed E-state index contributed by atoms with van der Waals surface area (Å²) in [7, 11) is 0. The first-order valence-corrected chi connectivity index (χ1v) is 4.75. The van der Waals surface area contributed by atoms with Crippen molar-refractivity contribution < 1.29 is 0 Å². The number of fused-ring (bicyclic) bond motifs is 3. The van der Waals surface area contributed by atoms with Gasteiger partial charge in [0.25, 0.3) is 0 Å². The average molecular weight is 198 g/mol. The quantitative estimate of drug-likeness (QED) is 0.599. The molecule has 0 bridgehead atoms. The van der Waals surface area contributed by atoms with Crippen molar-refractivity contribution in [2.24, 2.45) is 0 Å². The molecule has 0 aliphatic carbocycles. The molecule has 0 saturated carbocycles. The molecule has 15 heavy (non-hydrogen) atoms. The van der Waals surface area contributed by atoms with E-state index in [1.165, 1.54) is 0 Å². The minimum Gasteiger partial charge on any atom is -0.381 e. The van der Waals surface area contributed by atoms with Gasteiger partial charge in [-0.1, -0.05) is 12.1 Å². The Labute approximate surface area is 86.4 Å². The van der Waals surface area contributed by atoms with E-state index < -0.39 is 0 Å². The Kier molecular flexibility index (Phi) is 1.48. The topological polar surface area (TPSA) is 56.2 Å². The van der Waals surface area contributed by atoms with Crippen LogP contribution in [-0.4, -0.2) is 14.4 Å². The van der Waals surface area contributed by atoms with E-state index in [-0.39, 0.29) is 0 Å². The third-order valence-electron chi connectivity index (χ3n) is 2.53. The molecule has 4 heteroatoms. The molecule has 0 aliphatic rings. The smallest absolute Gasteiger partial charge is 0.180 e. The lowest BCUT2D eigenvalue weighted by Gasteiger charge is -2.04. The van der Waals surface area contributed by atoms with Crippen LogP contribution in [0.5, 0.6) is 0 Å². The lowest BCUT2D eigenvalue weighted by atomic mass is 10.3. The van der Waals surface area contributed by atoms with Crippen LogP contribution in [0.1, 0.15) is 5.69 Å². The predicted molar refractivity (Wildman–Crippen MR) is 59.6 cm³/mol. The zero-order chi connectivity index (χ0) is 10.4. The van der Waals surface area contributed by atoms with Gasteiger partial charge in [-0.15, -0.1) is 0 Å². The first-order chi connectivity index (χ1) is 7.27. The minimum absolute atomic E-state index is 0.474. The van der Waals surface area contributed by atoms with Crippen LogP contribution in [0.4, 0.5) is 5.82 Å². The van der Waals surface area contributed by atoms with Gasteiger partial charge in [-0.25, -0.2) is 9.97 Å². The third kappa shape index (κ3) is 1.01. The molecule has 0 saturated heterocycles.